The second kappa shape index (κ2) is 3.91. The molecule has 1 nitrogen and oxygen atoms in total. The van der Waals surface area contributed by atoms with Gasteiger partial charge in [0.1, 0.15) is 0 Å². The molecule has 0 radical (unpaired) electrons. The Labute approximate surface area is 87.7 Å². The smallest absolute Gasteiger partial charge is 0.0417 e. The summed E-state index contributed by atoms with van der Waals surface area (Å²) in [5.41, 5.74) is 7.29. The quantitative estimate of drug-likeness (QED) is 0.717. The van der Waals surface area contributed by atoms with Gasteiger partial charge in [0.25, 0.3) is 0 Å². The fourth-order valence-corrected chi connectivity index (χ4v) is 2.96. The summed E-state index contributed by atoms with van der Waals surface area (Å²) in [4.78, 5) is 1.31. The number of hydrogen-bond acceptors (Lipinski definition) is 2. The number of nitrogens with two attached hydrogens (primary N) is 1. The Morgan fingerprint density at radius 3 is 3.15 bits per heavy atom. The molecule has 0 aliphatic carbocycles. The highest BCUT2D eigenvalue weighted by atomic mass is 35.5. The number of halogens is 1. The zero-order valence-electron chi connectivity index (χ0n) is 7.29. The molecule has 1 atom stereocenters. The lowest BCUT2D eigenvalue weighted by Gasteiger charge is -2.07. The van der Waals surface area contributed by atoms with Crippen molar-refractivity contribution < 1.29 is 0 Å². The molecule has 1 aliphatic rings. The van der Waals surface area contributed by atoms with Crippen LogP contribution in [0.25, 0.3) is 0 Å². The first-order valence-electron chi connectivity index (χ1n) is 4.42. The maximum Gasteiger partial charge on any atom is 0.0417 e. The molecule has 70 valence electrons. The second-order valence-corrected chi connectivity index (χ2v) is 4.93. The maximum atomic E-state index is 5.94. The van der Waals surface area contributed by atoms with E-state index in [9.17, 15) is 0 Å². The summed E-state index contributed by atoms with van der Waals surface area (Å²) in [6.45, 7) is 0. The third-order valence-corrected chi connectivity index (χ3v) is 3.62. The second-order valence-electron chi connectivity index (χ2n) is 3.35. The van der Waals surface area contributed by atoms with Gasteiger partial charge in [0, 0.05) is 16.0 Å². The molecule has 1 unspecified atom stereocenters. The lowest BCUT2D eigenvalue weighted by Crippen LogP contribution is -2.22. The zero-order chi connectivity index (χ0) is 9.26. The Morgan fingerprint density at radius 2 is 2.31 bits per heavy atom. The van der Waals surface area contributed by atoms with E-state index in [4.69, 9.17) is 17.3 Å². The SMILES string of the molecule is NC1CCSc2cc(Cl)ccc2C1. The van der Waals surface area contributed by atoms with E-state index >= 15 is 0 Å². The average molecular weight is 214 g/mol. The highest BCUT2D eigenvalue weighted by Gasteiger charge is 2.13. The number of benzene rings is 1. The summed E-state index contributed by atoms with van der Waals surface area (Å²) < 4.78 is 0. The van der Waals surface area contributed by atoms with Crippen LogP contribution in [0.15, 0.2) is 23.1 Å². The van der Waals surface area contributed by atoms with Crippen LogP contribution in [0.4, 0.5) is 0 Å². The van der Waals surface area contributed by atoms with Gasteiger partial charge in [0.2, 0.25) is 0 Å². The molecule has 1 heterocycles. The minimum Gasteiger partial charge on any atom is -0.327 e. The summed E-state index contributed by atoms with van der Waals surface area (Å²) in [5, 5.41) is 0.821. The van der Waals surface area contributed by atoms with Crippen molar-refractivity contribution in [1.29, 1.82) is 0 Å². The van der Waals surface area contributed by atoms with Gasteiger partial charge < -0.3 is 5.73 Å². The van der Waals surface area contributed by atoms with E-state index < -0.39 is 0 Å². The standard InChI is InChI=1S/C10H12ClNS/c11-8-2-1-7-5-9(12)3-4-13-10(7)6-8/h1-2,6,9H,3-5,12H2. The van der Waals surface area contributed by atoms with Crippen LogP contribution in [0, 0.1) is 0 Å². The van der Waals surface area contributed by atoms with Crippen molar-refractivity contribution in [3.05, 3.63) is 28.8 Å². The van der Waals surface area contributed by atoms with Crippen LogP contribution in [-0.2, 0) is 6.42 Å². The Kier molecular flexibility index (Phi) is 2.82. The van der Waals surface area contributed by atoms with Crippen molar-refractivity contribution in [1.82, 2.24) is 0 Å². The number of hydrogen-bond donors (Lipinski definition) is 1. The Morgan fingerprint density at radius 1 is 1.46 bits per heavy atom. The molecule has 0 saturated heterocycles. The van der Waals surface area contributed by atoms with E-state index in [1.54, 1.807) is 0 Å². The van der Waals surface area contributed by atoms with Gasteiger partial charge in [-0.1, -0.05) is 17.7 Å². The van der Waals surface area contributed by atoms with Crippen LogP contribution in [0.2, 0.25) is 5.02 Å². The van der Waals surface area contributed by atoms with Crippen molar-refractivity contribution in [2.24, 2.45) is 5.73 Å². The van der Waals surface area contributed by atoms with Gasteiger partial charge >= 0.3 is 0 Å². The minimum atomic E-state index is 0.315. The molecule has 0 aromatic heterocycles. The highest BCUT2D eigenvalue weighted by Crippen LogP contribution is 2.30. The maximum absolute atomic E-state index is 5.94. The van der Waals surface area contributed by atoms with E-state index in [0.29, 0.717) is 6.04 Å². The minimum absolute atomic E-state index is 0.315. The molecule has 0 spiro atoms. The van der Waals surface area contributed by atoms with Crippen molar-refractivity contribution in [3.63, 3.8) is 0 Å². The third-order valence-electron chi connectivity index (χ3n) is 2.26. The fraction of sp³-hybridized carbons (Fsp3) is 0.400. The molecule has 0 fully saturated rings. The van der Waals surface area contributed by atoms with E-state index in [0.717, 1.165) is 23.6 Å². The van der Waals surface area contributed by atoms with Crippen LogP contribution in [0.3, 0.4) is 0 Å². The molecule has 1 aliphatic heterocycles. The molecular formula is C10H12ClNS. The van der Waals surface area contributed by atoms with Gasteiger partial charge in [-0.05, 0) is 36.3 Å². The first kappa shape index (κ1) is 9.38. The lowest BCUT2D eigenvalue weighted by molar-refractivity contribution is 0.653. The van der Waals surface area contributed by atoms with E-state index in [1.165, 1.54) is 10.5 Å². The van der Waals surface area contributed by atoms with Gasteiger partial charge in [-0.25, -0.2) is 0 Å². The Balaban J connectivity index is 2.34. The fourth-order valence-electron chi connectivity index (χ4n) is 1.54. The Bertz CT molecular complexity index is 314. The monoisotopic (exact) mass is 213 g/mol. The zero-order valence-corrected chi connectivity index (χ0v) is 8.87. The van der Waals surface area contributed by atoms with Gasteiger partial charge in [0.05, 0.1) is 0 Å². The summed E-state index contributed by atoms with van der Waals surface area (Å²) in [7, 11) is 0. The summed E-state index contributed by atoms with van der Waals surface area (Å²) in [5.74, 6) is 1.11. The first-order chi connectivity index (χ1) is 6.25. The largest absolute Gasteiger partial charge is 0.327 e. The van der Waals surface area contributed by atoms with Gasteiger partial charge in [-0.15, -0.1) is 11.8 Å². The summed E-state index contributed by atoms with van der Waals surface area (Å²) in [6.07, 6.45) is 2.08. The predicted molar refractivity (Wildman–Crippen MR) is 58.5 cm³/mol. The van der Waals surface area contributed by atoms with Crippen LogP contribution in [0.5, 0.6) is 0 Å². The van der Waals surface area contributed by atoms with Gasteiger partial charge in [-0.3, -0.25) is 0 Å². The van der Waals surface area contributed by atoms with E-state index in [2.05, 4.69) is 6.07 Å². The average Bonchev–Trinajstić information content (AvgIpc) is 2.25. The van der Waals surface area contributed by atoms with Crippen molar-refractivity contribution in [3.8, 4) is 0 Å². The molecule has 1 aromatic rings. The Hall–Kier alpha value is -0.180. The van der Waals surface area contributed by atoms with Crippen molar-refractivity contribution >= 4 is 23.4 Å². The molecular weight excluding hydrogens is 202 g/mol. The molecule has 3 heteroatoms. The molecule has 2 N–H and O–H groups in total. The number of rotatable bonds is 0. The van der Waals surface area contributed by atoms with Crippen molar-refractivity contribution in [2.75, 3.05) is 5.75 Å². The summed E-state index contributed by atoms with van der Waals surface area (Å²) in [6, 6.07) is 6.39. The van der Waals surface area contributed by atoms with Crippen LogP contribution >= 0.6 is 23.4 Å². The van der Waals surface area contributed by atoms with Gasteiger partial charge in [-0.2, -0.15) is 0 Å². The summed E-state index contributed by atoms with van der Waals surface area (Å²) >= 11 is 7.78. The predicted octanol–water partition coefficient (Wildman–Crippen LogP) is 2.71. The van der Waals surface area contributed by atoms with Crippen molar-refractivity contribution in [2.45, 2.75) is 23.8 Å². The van der Waals surface area contributed by atoms with Crippen LogP contribution < -0.4 is 5.73 Å². The van der Waals surface area contributed by atoms with Crippen LogP contribution in [-0.4, -0.2) is 11.8 Å². The topological polar surface area (TPSA) is 26.0 Å². The molecule has 13 heavy (non-hydrogen) atoms. The van der Waals surface area contributed by atoms with Crippen LogP contribution in [0.1, 0.15) is 12.0 Å². The number of fused-ring (bicyclic) bond motifs is 1. The molecule has 2 rings (SSSR count). The van der Waals surface area contributed by atoms with E-state index in [1.807, 2.05) is 23.9 Å². The molecule has 1 aromatic carbocycles. The molecule has 0 bridgehead atoms. The van der Waals surface area contributed by atoms with Gasteiger partial charge in [0.15, 0.2) is 0 Å². The first-order valence-corrected chi connectivity index (χ1v) is 5.79. The lowest BCUT2D eigenvalue weighted by atomic mass is 10.1. The number of thioether (sulfide) groups is 1. The molecule has 0 saturated carbocycles. The molecule has 0 amide bonds. The van der Waals surface area contributed by atoms with E-state index in [-0.39, 0.29) is 0 Å². The highest BCUT2D eigenvalue weighted by molar-refractivity contribution is 7.99. The third kappa shape index (κ3) is 2.19. The normalized spacial score (nSPS) is 22.2.